The van der Waals surface area contributed by atoms with Gasteiger partial charge in [-0.2, -0.15) is 0 Å². The Morgan fingerprint density at radius 1 is 1.24 bits per heavy atom. The highest BCUT2D eigenvalue weighted by molar-refractivity contribution is 8.01. The van der Waals surface area contributed by atoms with Gasteiger partial charge in [-0.25, -0.2) is 4.79 Å². The topological polar surface area (TPSA) is 114 Å². The van der Waals surface area contributed by atoms with Gasteiger partial charge in [0.2, 0.25) is 0 Å². The van der Waals surface area contributed by atoms with Crippen molar-refractivity contribution in [2.24, 2.45) is 4.99 Å². The van der Waals surface area contributed by atoms with E-state index in [-0.39, 0.29) is 29.3 Å². The molecule has 1 amide bonds. The first-order chi connectivity index (χ1) is 18.4. The Hall–Kier alpha value is -3.35. The zero-order chi connectivity index (χ0) is 26.6. The van der Waals surface area contributed by atoms with Crippen LogP contribution in [-0.4, -0.2) is 68.3 Å². The van der Waals surface area contributed by atoms with Gasteiger partial charge in [0, 0.05) is 23.3 Å². The van der Waals surface area contributed by atoms with Crippen molar-refractivity contribution in [1.29, 1.82) is 0 Å². The van der Waals surface area contributed by atoms with Crippen molar-refractivity contribution in [2.75, 3.05) is 18.6 Å². The molecule has 38 heavy (non-hydrogen) atoms. The van der Waals surface area contributed by atoms with Gasteiger partial charge in [-0.05, 0) is 42.3 Å². The molecule has 2 atom stereocenters. The van der Waals surface area contributed by atoms with Crippen molar-refractivity contribution in [3.8, 4) is 11.5 Å². The summed E-state index contributed by atoms with van der Waals surface area (Å²) in [6, 6.07) is 13.4. The minimum atomic E-state index is -0.649. The minimum absolute atomic E-state index is 0.0665. The van der Waals surface area contributed by atoms with Crippen LogP contribution in [0.3, 0.4) is 0 Å². The van der Waals surface area contributed by atoms with Crippen LogP contribution in [0.1, 0.15) is 16.1 Å². The van der Waals surface area contributed by atoms with Gasteiger partial charge in [0.15, 0.2) is 10.4 Å². The first kappa shape index (κ1) is 26.3. The fourth-order valence-corrected chi connectivity index (χ4v) is 7.24. The van der Waals surface area contributed by atoms with Crippen LogP contribution in [0.4, 0.5) is 0 Å². The van der Waals surface area contributed by atoms with Gasteiger partial charge < -0.3 is 14.6 Å². The van der Waals surface area contributed by atoms with E-state index in [0.717, 1.165) is 20.5 Å². The number of esters is 1. The van der Waals surface area contributed by atoms with E-state index >= 15 is 0 Å². The Bertz CT molecular complexity index is 1410. The van der Waals surface area contributed by atoms with Crippen LogP contribution in [0.2, 0.25) is 0 Å². The number of aryl methyl sites for hydroxylation is 1. The van der Waals surface area contributed by atoms with Crippen molar-refractivity contribution in [2.45, 2.75) is 29.3 Å². The standard InChI is InChI=1S/C26H24N4O5S3/c1-15-28-29-26(38-15)37-14-18-13-36-24-21(27-11-17-5-3-4-6-20(17)31)23(32)30(24)22(18)25(33)35-12-16-7-9-19(34-2)10-8-16/h3-11,21,24,31H,12-14H2,1-2H3/b27-11-/t21-,24-/m1/s1. The Balaban J connectivity index is 1.35. The number of hydrogen-bond acceptors (Lipinski definition) is 11. The monoisotopic (exact) mass is 568 g/mol. The number of fused-ring (bicyclic) bond motifs is 1. The number of aliphatic imine (C=N–C) groups is 1. The fourth-order valence-electron chi connectivity index (χ4n) is 3.95. The first-order valence-corrected chi connectivity index (χ1v) is 14.5. The summed E-state index contributed by atoms with van der Waals surface area (Å²) >= 11 is 4.52. The number of aromatic nitrogens is 2. The van der Waals surface area contributed by atoms with E-state index in [1.54, 1.807) is 55.3 Å². The molecule has 5 rings (SSSR count). The molecular weight excluding hydrogens is 545 g/mol. The number of amides is 1. The lowest BCUT2D eigenvalue weighted by molar-refractivity contribution is -0.151. The van der Waals surface area contributed by atoms with Crippen molar-refractivity contribution in [3.05, 3.63) is 75.9 Å². The third kappa shape index (κ3) is 5.57. The number of phenolic OH excluding ortho intramolecular Hbond substituents is 1. The number of carbonyl (C=O) groups is 2. The average molecular weight is 569 g/mol. The normalized spacial score (nSPS) is 18.9. The van der Waals surface area contributed by atoms with Crippen LogP contribution in [0.15, 0.2) is 69.1 Å². The highest BCUT2D eigenvalue weighted by atomic mass is 32.2. The molecule has 3 aromatic rings. The van der Waals surface area contributed by atoms with E-state index in [4.69, 9.17) is 9.47 Å². The molecule has 9 nitrogen and oxygen atoms in total. The van der Waals surface area contributed by atoms with Gasteiger partial charge in [0.25, 0.3) is 5.91 Å². The second-order valence-electron chi connectivity index (χ2n) is 8.44. The Morgan fingerprint density at radius 3 is 2.74 bits per heavy atom. The van der Waals surface area contributed by atoms with Gasteiger partial charge in [-0.1, -0.05) is 47.4 Å². The molecule has 2 aromatic carbocycles. The molecule has 0 aliphatic carbocycles. The predicted octanol–water partition coefficient (Wildman–Crippen LogP) is 4.05. The van der Waals surface area contributed by atoms with Crippen LogP contribution in [0, 0.1) is 6.92 Å². The molecule has 1 saturated heterocycles. The number of benzene rings is 2. The second kappa shape index (κ2) is 11.6. The predicted molar refractivity (Wildman–Crippen MR) is 148 cm³/mol. The molecule has 12 heteroatoms. The van der Waals surface area contributed by atoms with Crippen molar-refractivity contribution in [3.63, 3.8) is 0 Å². The summed E-state index contributed by atoms with van der Waals surface area (Å²) in [5.41, 5.74) is 2.41. The zero-order valence-corrected chi connectivity index (χ0v) is 23.0. The Morgan fingerprint density at radius 2 is 2.03 bits per heavy atom. The summed E-state index contributed by atoms with van der Waals surface area (Å²) in [6.45, 7) is 1.95. The molecule has 1 N–H and O–H groups in total. The maximum Gasteiger partial charge on any atom is 0.355 e. The number of methoxy groups -OCH3 is 1. The van der Waals surface area contributed by atoms with E-state index in [1.165, 1.54) is 34.2 Å². The first-order valence-electron chi connectivity index (χ1n) is 11.7. The van der Waals surface area contributed by atoms with Gasteiger partial charge >= 0.3 is 5.97 Å². The summed E-state index contributed by atoms with van der Waals surface area (Å²) in [4.78, 5) is 32.6. The maximum absolute atomic E-state index is 13.4. The average Bonchev–Trinajstić information content (AvgIpc) is 3.36. The SMILES string of the molecule is COc1ccc(COC(=O)C2=C(CSc3nnc(C)s3)CS[C@@H]3[C@H](/N=C\c4ccccc4O)C(=O)N23)cc1. The zero-order valence-electron chi connectivity index (χ0n) is 20.6. The van der Waals surface area contributed by atoms with Crippen LogP contribution >= 0.6 is 34.9 Å². The Labute approximate surface area is 232 Å². The molecule has 1 aromatic heterocycles. The van der Waals surface area contributed by atoms with Crippen LogP contribution in [0.25, 0.3) is 0 Å². The van der Waals surface area contributed by atoms with Gasteiger partial charge in [0.1, 0.15) is 34.2 Å². The molecule has 3 heterocycles. The molecule has 0 saturated carbocycles. The number of rotatable bonds is 9. The van der Waals surface area contributed by atoms with Crippen LogP contribution < -0.4 is 4.74 Å². The van der Waals surface area contributed by atoms with E-state index in [9.17, 15) is 14.7 Å². The lowest BCUT2D eigenvalue weighted by Crippen LogP contribution is -2.64. The summed E-state index contributed by atoms with van der Waals surface area (Å²) in [7, 11) is 1.59. The van der Waals surface area contributed by atoms with Crippen molar-refractivity contribution < 1.29 is 24.2 Å². The number of aromatic hydroxyl groups is 1. The third-order valence-electron chi connectivity index (χ3n) is 5.93. The third-order valence-corrected chi connectivity index (χ3v) is 9.31. The number of phenols is 1. The number of ether oxygens (including phenoxy) is 2. The van der Waals surface area contributed by atoms with E-state index in [0.29, 0.717) is 22.8 Å². The number of nitrogens with zero attached hydrogens (tertiary/aromatic N) is 4. The molecule has 0 unspecified atom stereocenters. The quantitative estimate of drug-likeness (QED) is 0.177. The largest absolute Gasteiger partial charge is 0.507 e. The summed E-state index contributed by atoms with van der Waals surface area (Å²) in [5.74, 6) is 1.00. The number of β-lactam (4-membered cyclic amide) rings is 1. The molecule has 1 fully saturated rings. The van der Waals surface area contributed by atoms with Crippen LogP contribution in [0.5, 0.6) is 11.5 Å². The maximum atomic E-state index is 13.4. The van der Waals surface area contributed by atoms with Crippen LogP contribution in [-0.2, 0) is 20.9 Å². The highest BCUT2D eigenvalue weighted by Crippen LogP contribution is 2.43. The molecule has 0 radical (unpaired) electrons. The highest BCUT2D eigenvalue weighted by Gasteiger charge is 2.53. The molecule has 2 aliphatic rings. The van der Waals surface area contributed by atoms with Gasteiger partial charge in [-0.3, -0.25) is 14.7 Å². The smallest absolute Gasteiger partial charge is 0.355 e. The van der Waals surface area contributed by atoms with Gasteiger partial charge in [-0.15, -0.1) is 22.0 Å². The number of carbonyl (C=O) groups excluding carboxylic acids is 2. The summed E-state index contributed by atoms with van der Waals surface area (Å²) in [5, 5.41) is 18.8. The molecule has 196 valence electrons. The van der Waals surface area contributed by atoms with Crippen molar-refractivity contribution in [1.82, 2.24) is 15.1 Å². The number of thioether (sulfide) groups is 2. The van der Waals surface area contributed by atoms with E-state index in [2.05, 4.69) is 15.2 Å². The lowest BCUT2D eigenvalue weighted by Gasteiger charge is -2.48. The van der Waals surface area contributed by atoms with Gasteiger partial charge in [0.05, 0.1) is 7.11 Å². The molecular formula is C26H24N4O5S3. The lowest BCUT2D eigenvalue weighted by atomic mass is 10.0. The minimum Gasteiger partial charge on any atom is -0.507 e. The Kier molecular flexibility index (Phi) is 8.01. The number of para-hydroxylation sites is 1. The fraction of sp³-hybridized carbons (Fsp3) is 0.269. The van der Waals surface area contributed by atoms with Crippen molar-refractivity contribution >= 4 is 53.0 Å². The van der Waals surface area contributed by atoms with E-state index in [1.807, 2.05) is 19.1 Å². The molecule has 0 bridgehead atoms. The number of hydrogen-bond donors (Lipinski definition) is 1. The molecule has 0 spiro atoms. The second-order valence-corrected chi connectivity index (χ2v) is 12.0. The molecule has 2 aliphatic heterocycles. The summed E-state index contributed by atoms with van der Waals surface area (Å²) < 4.78 is 11.6. The summed E-state index contributed by atoms with van der Waals surface area (Å²) in [6.07, 6.45) is 1.50. The van der Waals surface area contributed by atoms with E-state index < -0.39 is 12.0 Å².